The first kappa shape index (κ1) is 27.4. The van der Waals surface area contributed by atoms with Crippen molar-refractivity contribution in [2.75, 3.05) is 42.9 Å². The summed E-state index contributed by atoms with van der Waals surface area (Å²) in [7, 11) is -3.70. The zero-order valence-electron chi connectivity index (χ0n) is 24.0. The molecule has 2 aromatic heterocycles. The molecule has 2 aliphatic heterocycles. The molecule has 2 aromatic carbocycles. The van der Waals surface area contributed by atoms with Crippen molar-refractivity contribution in [1.82, 2.24) is 19.0 Å². The second-order valence-corrected chi connectivity index (χ2v) is 13.8. The number of amides is 1. The molecule has 1 atom stereocenters. The van der Waals surface area contributed by atoms with Crippen LogP contribution in [0.1, 0.15) is 43.0 Å². The minimum Gasteiger partial charge on any atom is -0.381 e. The van der Waals surface area contributed by atoms with Gasteiger partial charge in [-0.05, 0) is 62.8 Å². The molecular weight excluding hydrogens is 552 g/mol. The average molecular weight is 591 g/mol. The number of nitrogens with zero attached hydrogens (tertiary/aromatic N) is 5. The summed E-state index contributed by atoms with van der Waals surface area (Å²) in [4.78, 5) is 20.7. The summed E-state index contributed by atoms with van der Waals surface area (Å²) in [6.45, 7) is 5.19. The van der Waals surface area contributed by atoms with Gasteiger partial charge in [-0.15, -0.1) is 0 Å². The first-order valence-electron chi connectivity index (χ1n) is 15.1. The number of carbonyl (C=O) groups is 1. The van der Waals surface area contributed by atoms with E-state index in [4.69, 9.17) is 15.5 Å². The van der Waals surface area contributed by atoms with E-state index in [2.05, 4.69) is 33.4 Å². The van der Waals surface area contributed by atoms with Crippen LogP contribution in [0, 0.1) is 5.92 Å². The van der Waals surface area contributed by atoms with E-state index in [1.54, 1.807) is 11.0 Å². The monoisotopic (exact) mass is 590 g/mol. The van der Waals surface area contributed by atoms with E-state index >= 15 is 0 Å². The maximum atomic E-state index is 13.7. The molecule has 4 heterocycles. The minimum absolute atomic E-state index is 0.0561. The van der Waals surface area contributed by atoms with Gasteiger partial charge in [0.1, 0.15) is 0 Å². The number of aromatic nitrogens is 3. The van der Waals surface area contributed by atoms with Crippen molar-refractivity contribution in [3.8, 4) is 11.5 Å². The molecule has 0 unspecified atom stereocenters. The predicted molar refractivity (Wildman–Crippen MR) is 164 cm³/mol. The standard InChI is InChI=1S/C31H38N6O4S/c1-2-41-14-15-42(39,40)37-13-12-35-29-25(16-23(18-27(29)37)31(38)34-11-5-7-24(32)20-34)33-30(35)28-17-22-6-3-4-8-26(22)36(28)19-21-9-10-21/h3-4,6,8,16-18,21,24H,2,5,7,9-15,19-20,32H2,1H3/t24-/m1/s1. The van der Waals surface area contributed by atoms with Crippen molar-refractivity contribution in [1.29, 1.82) is 0 Å². The third-order valence-corrected chi connectivity index (χ3v) is 10.5. The average Bonchev–Trinajstić information content (AvgIpc) is 3.63. The number of carbonyl (C=O) groups excluding carboxylic acids is 1. The molecule has 0 spiro atoms. The van der Waals surface area contributed by atoms with Crippen molar-refractivity contribution in [2.24, 2.45) is 11.7 Å². The van der Waals surface area contributed by atoms with Crippen LogP contribution < -0.4 is 10.0 Å². The van der Waals surface area contributed by atoms with Crippen LogP contribution in [-0.4, -0.2) is 78.0 Å². The molecule has 4 aromatic rings. The van der Waals surface area contributed by atoms with Crippen LogP contribution in [0.15, 0.2) is 42.5 Å². The van der Waals surface area contributed by atoms with Gasteiger partial charge in [0.05, 0.1) is 41.3 Å². The molecule has 0 radical (unpaired) electrons. The van der Waals surface area contributed by atoms with Crippen LogP contribution in [0.3, 0.4) is 0 Å². The van der Waals surface area contributed by atoms with Crippen molar-refractivity contribution in [3.63, 3.8) is 0 Å². The maximum absolute atomic E-state index is 13.7. The molecule has 1 amide bonds. The lowest BCUT2D eigenvalue weighted by molar-refractivity contribution is 0.0709. The number of likely N-dealkylation sites (tertiary alicyclic amines) is 1. The molecule has 11 heteroatoms. The number of hydrogen-bond donors (Lipinski definition) is 1. The number of nitrogens with two attached hydrogens (primary N) is 1. The van der Waals surface area contributed by atoms with Gasteiger partial charge in [-0.2, -0.15) is 0 Å². The molecule has 2 fully saturated rings. The Labute approximate surface area is 246 Å². The van der Waals surface area contributed by atoms with E-state index in [1.165, 1.54) is 22.7 Å². The summed E-state index contributed by atoms with van der Waals surface area (Å²) >= 11 is 0. The molecule has 42 heavy (non-hydrogen) atoms. The molecule has 7 rings (SSSR count). The van der Waals surface area contributed by atoms with Gasteiger partial charge in [-0.25, -0.2) is 13.4 Å². The Kier molecular flexibility index (Phi) is 6.99. The summed E-state index contributed by atoms with van der Waals surface area (Å²) in [5, 5.41) is 1.15. The van der Waals surface area contributed by atoms with Crippen molar-refractivity contribution >= 4 is 43.6 Å². The molecule has 0 bridgehead atoms. The lowest BCUT2D eigenvalue weighted by Gasteiger charge is -2.32. The molecule has 10 nitrogen and oxygen atoms in total. The largest absolute Gasteiger partial charge is 0.381 e. The predicted octanol–water partition coefficient (Wildman–Crippen LogP) is 3.82. The molecular formula is C31H38N6O4S. The van der Waals surface area contributed by atoms with Gasteiger partial charge < -0.3 is 24.5 Å². The van der Waals surface area contributed by atoms with Crippen LogP contribution in [0.5, 0.6) is 0 Å². The van der Waals surface area contributed by atoms with Crippen molar-refractivity contribution in [3.05, 3.63) is 48.0 Å². The number of piperidine rings is 1. The van der Waals surface area contributed by atoms with Gasteiger partial charge in [0.25, 0.3) is 5.91 Å². The van der Waals surface area contributed by atoms with Crippen molar-refractivity contribution in [2.45, 2.75) is 51.7 Å². The highest BCUT2D eigenvalue weighted by Gasteiger charge is 2.34. The van der Waals surface area contributed by atoms with Crippen LogP contribution in [0.2, 0.25) is 0 Å². The Morgan fingerprint density at radius 1 is 1.10 bits per heavy atom. The smallest absolute Gasteiger partial charge is 0.254 e. The molecule has 1 saturated carbocycles. The Morgan fingerprint density at radius 3 is 2.71 bits per heavy atom. The number of benzene rings is 2. The third-order valence-electron chi connectivity index (χ3n) is 8.81. The normalized spacial score (nSPS) is 19.2. The molecule has 2 N–H and O–H groups in total. The number of sulfonamides is 1. The van der Waals surface area contributed by atoms with Crippen LogP contribution >= 0.6 is 0 Å². The van der Waals surface area contributed by atoms with E-state index in [0.717, 1.165) is 41.8 Å². The lowest BCUT2D eigenvalue weighted by atomic mass is 10.0. The number of para-hydroxylation sites is 1. The highest BCUT2D eigenvalue weighted by molar-refractivity contribution is 7.92. The van der Waals surface area contributed by atoms with Crippen LogP contribution in [0.25, 0.3) is 33.5 Å². The molecule has 222 valence electrons. The summed E-state index contributed by atoms with van der Waals surface area (Å²) in [5.41, 5.74) is 10.7. The summed E-state index contributed by atoms with van der Waals surface area (Å²) < 4.78 is 38.6. The van der Waals surface area contributed by atoms with Gasteiger partial charge in [0, 0.05) is 55.3 Å². The zero-order chi connectivity index (χ0) is 29.0. The SMILES string of the molecule is CCOCCS(=O)(=O)N1CCn2c(-c3cc4ccccc4n3CC3CC3)nc3cc(C(=O)N4CCC[C@@H](N)C4)cc1c32. The molecule has 3 aliphatic rings. The number of ether oxygens (including phenoxy) is 1. The van der Waals surface area contributed by atoms with Crippen LogP contribution in [-0.2, 0) is 27.8 Å². The number of rotatable bonds is 9. The van der Waals surface area contributed by atoms with E-state index in [0.29, 0.717) is 48.9 Å². The van der Waals surface area contributed by atoms with E-state index in [9.17, 15) is 13.2 Å². The van der Waals surface area contributed by atoms with Crippen LogP contribution in [0.4, 0.5) is 5.69 Å². The molecule has 1 aliphatic carbocycles. The quantitative estimate of drug-likeness (QED) is 0.297. The first-order chi connectivity index (χ1) is 20.3. The van der Waals surface area contributed by atoms with Gasteiger partial charge in [0.15, 0.2) is 5.82 Å². The second kappa shape index (κ2) is 10.7. The Hall–Kier alpha value is -3.41. The number of imidazole rings is 1. The van der Waals surface area contributed by atoms with Gasteiger partial charge in [0.2, 0.25) is 10.0 Å². The third kappa shape index (κ3) is 4.87. The van der Waals surface area contributed by atoms with Gasteiger partial charge in [-0.1, -0.05) is 18.2 Å². The van der Waals surface area contributed by atoms with E-state index in [1.807, 2.05) is 19.1 Å². The minimum atomic E-state index is -3.70. The number of anilines is 1. The summed E-state index contributed by atoms with van der Waals surface area (Å²) in [6, 6.07) is 14.1. The van der Waals surface area contributed by atoms with E-state index < -0.39 is 10.0 Å². The fraction of sp³-hybridized carbons (Fsp3) is 0.484. The summed E-state index contributed by atoms with van der Waals surface area (Å²) in [6.07, 6.45) is 4.20. The maximum Gasteiger partial charge on any atom is 0.254 e. The highest BCUT2D eigenvalue weighted by atomic mass is 32.2. The Morgan fingerprint density at radius 2 is 1.93 bits per heavy atom. The lowest BCUT2D eigenvalue weighted by Crippen LogP contribution is -2.45. The van der Waals surface area contributed by atoms with E-state index in [-0.39, 0.29) is 30.9 Å². The topological polar surface area (TPSA) is 116 Å². The second-order valence-electron chi connectivity index (χ2n) is 11.8. The Bertz CT molecular complexity index is 1770. The number of hydrogen-bond acceptors (Lipinski definition) is 6. The van der Waals surface area contributed by atoms with Gasteiger partial charge in [-0.3, -0.25) is 9.10 Å². The van der Waals surface area contributed by atoms with Crippen molar-refractivity contribution < 1.29 is 17.9 Å². The Balaban J connectivity index is 1.39. The first-order valence-corrected chi connectivity index (χ1v) is 16.7. The number of fused-ring (bicyclic) bond motifs is 1. The fourth-order valence-electron chi connectivity index (χ4n) is 6.52. The zero-order valence-corrected chi connectivity index (χ0v) is 24.9. The fourth-order valence-corrected chi connectivity index (χ4v) is 7.87. The molecule has 1 saturated heterocycles. The summed E-state index contributed by atoms with van der Waals surface area (Å²) in [5.74, 6) is 1.20. The highest BCUT2D eigenvalue weighted by Crippen LogP contribution is 2.40. The van der Waals surface area contributed by atoms with Gasteiger partial charge >= 0.3 is 0 Å².